The number of halogens is 3. The van der Waals surface area contributed by atoms with Gasteiger partial charge in [-0.2, -0.15) is 13.2 Å². The fraction of sp³-hybridized carbons (Fsp3) is 0.364. The molecule has 0 bridgehead atoms. The number of nitro groups is 1. The van der Waals surface area contributed by atoms with Crippen LogP contribution < -0.4 is 0 Å². The van der Waals surface area contributed by atoms with Crippen LogP contribution in [0.25, 0.3) is 0 Å². The van der Waals surface area contributed by atoms with E-state index in [9.17, 15) is 23.3 Å². The molecule has 0 N–H and O–H groups in total. The molecule has 2 aromatic heterocycles. The molecule has 0 aliphatic heterocycles. The van der Waals surface area contributed by atoms with Gasteiger partial charge in [-0.05, 0) is 19.9 Å². The zero-order valence-corrected chi connectivity index (χ0v) is 11.0. The number of alkyl halides is 3. The molecule has 10 heteroatoms. The number of pyridine rings is 1. The van der Waals surface area contributed by atoms with Crippen molar-refractivity contribution in [2.45, 2.75) is 26.6 Å². The Morgan fingerprint density at radius 3 is 2.52 bits per heavy atom. The normalized spacial score (nSPS) is 11.7. The molecule has 2 heterocycles. The fourth-order valence-electron chi connectivity index (χ4n) is 1.73. The molecular formula is C11H10F3N5O2. The van der Waals surface area contributed by atoms with E-state index in [4.69, 9.17) is 0 Å². The summed E-state index contributed by atoms with van der Waals surface area (Å²) in [5, 5.41) is 14.0. The third-order valence-corrected chi connectivity index (χ3v) is 2.76. The monoisotopic (exact) mass is 301 g/mol. The first-order chi connectivity index (χ1) is 9.68. The summed E-state index contributed by atoms with van der Waals surface area (Å²) in [6.07, 6.45) is -3.55. The molecular weight excluding hydrogens is 291 g/mol. The molecule has 0 amide bonds. The van der Waals surface area contributed by atoms with E-state index in [1.54, 1.807) is 0 Å². The first-order valence-electron chi connectivity index (χ1n) is 5.77. The predicted molar refractivity (Wildman–Crippen MR) is 64.5 cm³/mol. The minimum absolute atomic E-state index is 0.0479. The zero-order valence-electron chi connectivity index (χ0n) is 11.0. The summed E-state index contributed by atoms with van der Waals surface area (Å²) in [5.41, 5.74) is 0.587. The number of nitrogens with zero attached hydrogens (tertiary/aromatic N) is 5. The Hall–Kier alpha value is -2.52. The van der Waals surface area contributed by atoms with Crippen LogP contribution in [0.15, 0.2) is 12.3 Å². The van der Waals surface area contributed by atoms with Crippen LogP contribution in [-0.2, 0) is 12.7 Å². The second-order valence-corrected chi connectivity index (χ2v) is 4.36. The third-order valence-electron chi connectivity index (χ3n) is 2.76. The van der Waals surface area contributed by atoms with Crippen LogP contribution in [-0.4, -0.2) is 24.7 Å². The molecule has 0 aliphatic rings. The van der Waals surface area contributed by atoms with Crippen molar-refractivity contribution >= 4 is 5.69 Å². The van der Waals surface area contributed by atoms with E-state index in [-0.39, 0.29) is 18.1 Å². The molecule has 0 saturated heterocycles. The van der Waals surface area contributed by atoms with Crippen molar-refractivity contribution in [3.8, 4) is 0 Å². The molecule has 112 valence electrons. The lowest BCUT2D eigenvalue weighted by molar-refractivity contribution is -0.385. The van der Waals surface area contributed by atoms with Gasteiger partial charge in [0.05, 0.1) is 17.2 Å². The van der Waals surface area contributed by atoms with Gasteiger partial charge in [-0.25, -0.2) is 9.67 Å². The summed E-state index contributed by atoms with van der Waals surface area (Å²) < 4.78 is 38.5. The average molecular weight is 301 g/mol. The molecule has 0 radical (unpaired) electrons. The first kappa shape index (κ1) is 14.9. The quantitative estimate of drug-likeness (QED) is 0.641. The SMILES string of the molecule is Cc1cc(Cn2nc(C(F)(F)F)nc2C)ncc1[N+](=O)[O-]. The number of rotatable bonds is 3. The summed E-state index contributed by atoms with van der Waals surface area (Å²) in [7, 11) is 0. The van der Waals surface area contributed by atoms with Crippen LogP contribution in [0, 0.1) is 24.0 Å². The molecule has 0 aromatic carbocycles. The maximum Gasteiger partial charge on any atom is 0.453 e. The second-order valence-electron chi connectivity index (χ2n) is 4.36. The van der Waals surface area contributed by atoms with Crippen LogP contribution in [0.4, 0.5) is 18.9 Å². The Morgan fingerprint density at radius 1 is 1.38 bits per heavy atom. The molecule has 0 spiro atoms. The highest BCUT2D eigenvalue weighted by molar-refractivity contribution is 5.37. The summed E-state index contributed by atoms with van der Waals surface area (Å²) in [6, 6.07) is 1.44. The van der Waals surface area contributed by atoms with Crippen molar-refractivity contribution in [3.63, 3.8) is 0 Å². The molecule has 2 aromatic rings. The Balaban J connectivity index is 2.29. The molecule has 7 nitrogen and oxygen atoms in total. The zero-order chi connectivity index (χ0) is 15.8. The van der Waals surface area contributed by atoms with E-state index in [1.165, 1.54) is 19.9 Å². The minimum atomic E-state index is -4.62. The second kappa shape index (κ2) is 5.11. The highest BCUT2D eigenvalue weighted by atomic mass is 19.4. The van der Waals surface area contributed by atoms with Crippen LogP contribution in [0.2, 0.25) is 0 Å². The van der Waals surface area contributed by atoms with Crippen molar-refractivity contribution in [1.82, 2.24) is 19.7 Å². The van der Waals surface area contributed by atoms with Crippen LogP contribution >= 0.6 is 0 Å². The number of hydrogen-bond acceptors (Lipinski definition) is 5. The molecule has 21 heavy (non-hydrogen) atoms. The lowest BCUT2D eigenvalue weighted by Crippen LogP contribution is -2.10. The predicted octanol–water partition coefficient (Wildman–Crippen LogP) is 2.27. The van der Waals surface area contributed by atoms with Gasteiger partial charge < -0.3 is 0 Å². The summed E-state index contributed by atoms with van der Waals surface area (Å²) in [5.74, 6) is -1.14. The van der Waals surface area contributed by atoms with Gasteiger partial charge in [-0.1, -0.05) is 0 Å². The Morgan fingerprint density at radius 2 is 2.05 bits per heavy atom. The number of hydrogen-bond donors (Lipinski definition) is 0. The van der Waals surface area contributed by atoms with Crippen molar-refractivity contribution in [2.24, 2.45) is 0 Å². The van der Waals surface area contributed by atoms with Gasteiger partial charge in [0.2, 0.25) is 0 Å². The van der Waals surface area contributed by atoms with Gasteiger partial charge in [0.25, 0.3) is 11.5 Å². The van der Waals surface area contributed by atoms with Gasteiger partial charge >= 0.3 is 6.18 Å². The van der Waals surface area contributed by atoms with E-state index in [2.05, 4.69) is 15.1 Å². The molecule has 0 aliphatic carbocycles. The number of aryl methyl sites for hydroxylation is 2. The summed E-state index contributed by atoms with van der Waals surface area (Å²) in [4.78, 5) is 17.3. The van der Waals surface area contributed by atoms with E-state index >= 15 is 0 Å². The topological polar surface area (TPSA) is 86.7 Å². The largest absolute Gasteiger partial charge is 0.453 e. The standard InChI is InChI=1S/C11H10F3N5O2/c1-6-3-8(15-4-9(6)19(20)21)5-18-7(2)16-10(17-18)11(12,13)14/h3-4H,5H2,1-2H3. The van der Waals surface area contributed by atoms with Crippen LogP contribution in [0.3, 0.4) is 0 Å². The van der Waals surface area contributed by atoms with Gasteiger partial charge in [-0.3, -0.25) is 15.1 Å². The fourth-order valence-corrected chi connectivity index (χ4v) is 1.73. The van der Waals surface area contributed by atoms with E-state index in [0.717, 1.165) is 10.9 Å². The van der Waals surface area contributed by atoms with Gasteiger partial charge in [0, 0.05) is 5.56 Å². The molecule has 0 unspecified atom stereocenters. The highest BCUT2D eigenvalue weighted by Crippen LogP contribution is 2.26. The molecule has 0 atom stereocenters. The van der Waals surface area contributed by atoms with Gasteiger partial charge in [0.1, 0.15) is 12.0 Å². The lowest BCUT2D eigenvalue weighted by Gasteiger charge is -2.04. The molecule has 0 saturated carbocycles. The Kier molecular flexibility index (Phi) is 3.62. The third kappa shape index (κ3) is 3.15. The summed E-state index contributed by atoms with van der Waals surface area (Å²) >= 11 is 0. The molecule has 2 rings (SSSR count). The van der Waals surface area contributed by atoms with E-state index in [0.29, 0.717) is 11.3 Å². The van der Waals surface area contributed by atoms with Crippen molar-refractivity contribution in [1.29, 1.82) is 0 Å². The highest BCUT2D eigenvalue weighted by Gasteiger charge is 2.36. The van der Waals surface area contributed by atoms with E-state index < -0.39 is 16.9 Å². The Labute approximate surface area is 116 Å². The average Bonchev–Trinajstić information content (AvgIpc) is 2.70. The van der Waals surface area contributed by atoms with Crippen molar-refractivity contribution < 1.29 is 18.1 Å². The van der Waals surface area contributed by atoms with Crippen LogP contribution in [0.5, 0.6) is 0 Å². The van der Waals surface area contributed by atoms with Crippen LogP contribution in [0.1, 0.15) is 22.9 Å². The molecule has 0 fully saturated rings. The lowest BCUT2D eigenvalue weighted by atomic mass is 10.2. The van der Waals surface area contributed by atoms with E-state index in [1.807, 2.05) is 0 Å². The van der Waals surface area contributed by atoms with Gasteiger partial charge in [-0.15, -0.1) is 5.10 Å². The Bertz CT molecular complexity index is 696. The first-order valence-corrected chi connectivity index (χ1v) is 5.77. The number of aromatic nitrogens is 4. The minimum Gasteiger partial charge on any atom is -0.258 e. The van der Waals surface area contributed by atoms with Crippen molar-refractivity contribution in [3.05, 3.63) is 45.3 Å². The maximum atomic E-state index is 12.5. The smallest absolute Gasteiger partial charge is 0.258 e. The van der Waals surface area contributed by atoms with Gasteiger partial charge in [0.15, 0.2) is 0 Å². The maximum absolute atomic E-state index is 12.5. The van der Waals surface area contributed by atoms with Crippen molar-refractivity contribution in [2.75, 3.05) is 0 Å². The summed E-state index contributed by atoms with van der Waals surface area (Å²) in [6.45, 7) is 2.87.